The molecule has 7 nitrogen and oxygen atoms in total. The predicted octanol–water partition coefficient (Wildman–Crippen LogP) is 1.85. The third-order valence-electron chi connectivity index (χ3n) is 4.71. The lowest BCUT2D eigenvalue weighted by Gasteiger charge is -2.32. The normalized spacial score (nSPS) is 18.6. The Morgan fingerprint density at radius 2 is 2.04 bits per heavy atom. The van der Waals surface area contributed by atoms with Crippen LogP contribution in [0.4, 0.5) is 16.2 Å². The SMILES string of the molecule is CC[C@H](C)[C@H](NC(=O)N1CC(=O)Nc2ccccc21)C(=O)NC1CC1. The molecule has 3 rings (SSSR count). The Morgan fingerprint density at radius 1 is 1.32 bits per heavy atom. The number of rotatable bonds is 5. The Bertz CT molecular complexity index is 687. The number of anilines is 2. The first-order valence-electron chi connectivity index (χ1n) is 8.77. The molecule has 1 fully saturated rings. The average Bonchev–Trinajstić information content (AvgIpc) is 3.41. The predicted molar refractivity (Wildman–Crippen MR) is 95.4 cm³/mol. The number of fused-ring (bicyclic) bond motifs is 1. The second-order valence-corrected chi connectivity index (χ2v) is 6.75. The summed E-state index contributed by atoms with van der Waals surface area (Å²) in [6.45, 7) is 3.85. The van der Waals surface area contributed by atoms with Gasteiger partial charge in [-0.3, -0.25) is 14.5 Å². The summed E-state index contributed by atoms with van der Waals surface area (Å²) in [7, 11) is 0. The highest BCUT2D eigenvalue weighted by Crippen LogP contribution is 2.29. The summed E-state index contributed by atoms with van der Waals surface area (Å²) in [5.74, 6) is -0.409. The second-order valence-electron chi connectivity index (χ2n) is 6.75. The average molecular weight is 344 g/mol. The van der Waals surface area contributed by atoms with Crippen molar-refractivity contribution >= 4 is 29.2 Å². The van der Waals surface area contributed by atoms with Crippen molar-refractivity contribution < 1.29 is 14.4 Å². The molecule has 2 aliphatic rings. The van der Waals surface area contributed by atoms with Gasteiger partial charge in [0.2, 0.25) is 11.8 Å². The standard InChI is InChI=1S/C18H24N4O3/c1-3-11(2)16(17(24)19-12-8-9-12)21-18(25)22-10-15(23)20-13-6-4-5-7-14(13)22/h4-7,11-12,16H,3,8-10H2,1-2H3,(H,19,24)(H,20,23)(H,21,25)/t11-,16-/m0/s1. The molecule has 0 bridgehead atoms. The zero-order valence-electron chi connectivity index (χ0n) is 14.5. The van der Waals surface area contributed by atoms with Gasteiger partial charge in [0.05, 0.1) is 11.4 Å². The number of carbonyl (C=O) groups is 3. The summed E-state index contributed by atoms with van der Waals surface area (Å²) in [5, 5.41) is 8.53. The molecule has 1 heterocycles. The van der Waals surface area contributed by atoms with Crippen LogP contribution in [0.2, 0.25) is 0 Å². The number of hydrogen-bond acceptors (Lipinski definition) is 3. The molecule has 25 heavy (non-hydrogen) atoms. The van der Waals surface area contributed by atoms with Gasteiger partial charge in [0, 0.05) is 6.04 Å². The largest absolute Gasteiger partial charge is 0.352 e. The molecular weight excluding hydrogens is 320 g/mol. The fraction of sp³-hybridized carbons (Fsp3) is 0.500. The molecule has 7 heteroatoms. The third-order valence-corrected chi connectivity index (χ3v) is 4.71. The molecule has 1 saturated carbocycles. The first-order valence-corrected chi connectivity index (χ1v) is 8.77. The maximum Gasteiger partial charge on any atom is 0.323 e. The molecule has 2 atom stereocenters. The highest BCUT2D eigenvalue weighted by Gasteiger charge is 2.34. The minimum Gasteiger partial charge on any atom is -0.352 e. The summed E-state index contributed by atoms with van der Waals surface area (Å²) >= 11 is 0. The molecule has 3 N–H and O–H groups in total. The van der Waals surface area contributed by atoms with Crippen LogP contribution in [0.1, 0.15) is 33.1 Å². The maximum absolute atomic E-state index is 12.8. The molecule has 134 valence electrons. The van der Waals surface area contributed by atoms with Gasteiger partial charge in [0.25, 0.3) is 0 Å². The van der Waals surface area contributed by atoms with E-state index in [0.717, 1.165) is 19.3 Å². The number of benzene rings is 1. The zero-order valence-corrected chi connectivity index (χ0v) is 14.5. The van der Waals surface area contributed by atoms with Crippen LogP contribution in [0, 0.1) is 5.92 Å². The van der Waals surface area contributed by atoms with Crippen LogP contribution >= 0.6 is 0 Å². The van der Waals surface area contributed by atoms with Crippen LogP contribution in [0.15, 0.2) is 24.3 Å². The summed E-state index contributed by atoms with van der Waals surface area (Å²) in [6, 6.07) is 6.31. The highest BCUT2D eigenvalue weighted by atomic mass is 16.2. The summed E-state index contributed by atoms with van der Waals surface area (Å²) in [5.41, 5.74) is 1.22. The van der Waals surface area contributed by atoms with Gasteiger partial charge in [0.15, 0.2) is 0 Å². The number of hydrogen-bond donors (Lipinski definition) is 3. The van der Waals surface area contributed by atoms with Gasteiger partial charge in [-0.25, -0.2) is 4.79 Å². The van der Waals surface area contributed by atoms with E-state index < -0.39 is 12.1 Å². The van der Waals surface area contributed by atoms with Crippen molar-refractivity contribution in [3.05, 3.63) is 24.3 Å². The van der Waals surface area contributed by atoms with Crippen molar-refractivity contribution in [1.82, 2.24) is 10.6 Å². The minimum absolute atomic E-state index is 0.00318. The number of amides is 4. The second kappa shape index (κ2) is 7.13. The van der Waals surface area contributed by atoms with Gasteiger partial charge < -0.3 is 16.0 Å². The van der Waals surface area contributed by atoms with Crippen LogP contribution in [0.25, 0.3) is 0 Å². The molecule has 0 saturated heterocycles. The molecule has 0 aromatic heterocycles. The van der Waals surface area contributed by atoms with E-state index >= 15 is 0 Å². The van der Waals surface area contributed by atoms with Gasteiger partial charge in [-0.2, -0.15) is 0 Å². The lowest BCUT2D eigenvalue weighted by Crippen LogP contribution is -2.56. The molecule has 1 aromatic rings. The van der Waals surface area contributed by atoms with Gasteiger partial charge >= 0.3 is 6.03 Å². The van der Waals surface area contributed by atoms with Crippen LogP contribution in [0.5, 0.6) is 0 Å². The third kappa shape index (κ3) is 3.92. The van der Waals surface area contributed by atoms with Gasteiger partial charge in [-0.1, -0.05) is 32.4 Å². The molecular formula is C18H24N4O3. The Morgan fingerprint density at radius 3 is 2.72 bits per heavy atom. The molecule has 0 unspecified atom stereocenters. The quantitative estimate of drug-likeness (QED) is 0.761. The first kappa shape index (κ1) is 17.3. The van der Waals surface area contributed by atoms with E-state index in [1.54, 1.807) is 18.2 Å². The number of nitrogens with zero attached hydrogens (tertiary/aromatic N) is 1. The Balaban J connectivity index is 1.76. The summed E-state index contributed by atoms with van der Waals surface area (Å²) in [6.07, 6.45) is 2.75. The molecule has 1 aliphatic carbocycles. The molecule has 0 radical (unpaired) electrons. The van der Waals surface area contributed by atoms with Crippen molar-refractivity contribution in [2.45, 2.75) is 45.2 Å². The van der Waals surface area contributed by atoms with Gasteiger partial charge in [-0.05, 0) is 30.9 Å². The van der Waals surface area contributed by atoms with Crippen molar-refractivity contribution in [3.8, 4) is 0 Å². The number of para-hydroxylation sites is 2. The topological polar surface area (TPSA) is 90.5 Å². The fourth-order valence-corrected chi connectivity index (χ4v) is 2.85. The number of carbonyl (C=O) groups excluding carboxylic acids is 3. The molecule has 1 aliphatic heterocycles. The Hall–Kier alpha value is -2.57. The van der Waals surface area contributed by atoms with E-state index in [9.17, 15) is 14.4 Å². The van der Waals surface area contributed by atoms with Crippen molar-refractivity contribution in [3.63, 3.8) is 0 Å². The van der Waals surface area contributed by atoms with Crippen LogP contribution < -0.4 is 20.9 Å². The lowest BCUT2D eigenvalue weighted by molar-refractivity contribution is -0.124. The van der Waals surface area contributed by atoms with Crippen LogP contribution in [0.3, 0.4) is 0 Å². The van der Waals surface area contributed by atoms with E-state index in [0.29, 0.717) is 11.4 Å². The highest BCUT2D eigenvalue weighted by molar-refractivity contribution is 6.10. The fourth-order valence-electron chi connectivity index (χ4n) is 2.85. The maximum atomic E-state index is 12.8. The minimum atomic E-state index is -0.616. The summed E-state index contributed by atoms with van der Waals surface area (Å²) < 4.78 is 0. The number of nitrogens with one attached hydrogen (secondary N) is 3. The Labute approximate surface area is 147 Å². The van der Waals surface area contributed by atoms with Crippen molar-refractivity contribution in [1.29, 1.82) is 0 Å². The summed E-state index contributed by atoms with van der Waals surface area (Å²) in [4.78, 5) is 38.6. The lowest BCUT2D eigenvalue weighted by atomic mass is 9.98. The first-order chi connectivity index (χ1) is 12.0. The van der Waals surface area contributed by atoms with E-state index in [2.05, 4.69) is 16.0 Å². The monoisotopic (exact) mass is 344 g/mol. The molecule has 0 spiro atoms. The Kier molecular flexibility index (Phi) is 4.92. The van der Waals surface area contributed by atoms with Crippen LogP contribution in [-0.2, 0) is 9.59 Å². The van der Waals surface area contributed by atoms with Crippen molar-refractivity contribution in [2.75, 3.05) is 16.8 Å². The van der Waals surface area contributed by atoms with E-state index in [1.807, 2.05) is 19.9 Å². The number of urea groups is 1. The molecule has 4 amide bonds. The molecule has 1 aromatic carbocycles. The zero-order chi connectivity index (χ0) is 18.0. The van der Waals surface area contributed by atoms with E-state index in [4.69, 9.17) is 0 Å². The van der Waals surface area contributed by atoms with Gasteiger partial charge in [0.1, 0.15) is 12.6 Å². The van der Waals surface area contributed by atoms with E-state index in [1.165, 1.54) is 4.90 Å². The van der Waals surface area contributed by atoms with Crippen molar-refractivity contribution in [2.24, 2.45) is 5.92 Å². The van der Waals surface area contributed by atoms with E-state index in [-0.39, 0.29) is 30.3 Å². The smallest absolute Gasteiger partial charge is 0.323 e. The van der Waals surface area contributed by atoms with Gasteiger partial charge in [-0.15, -0.1) is 0 Å². The van der Waals surface area contributed by atoms with Crippen LogP contribution in [-0.4, -0.2) is 36.5 Å².